The van der Waals surface area contributed by atoms with Crippen molar-refractivity contribution in [1.82, 2.24) is 9.88 Å². The van der Waals surface area contributed by atoms with Crippen molar-refractivity contribution in [3.05, 3.63) is 63.8 Å². The van der Waals surface area contributed by atoms with Gasteiger partial charge in [-0.3, -0.25) is 4.79 Å². The maximum absolute atomic E-state index is 12.5. The molecule has 1 amide bonds. The minimum Gasteiger partial charge on any atom is -0.482 e. The number of benzene rings is 2. The number of aromatic nitrogens is 1. The Morgan fingerprint density at radius 3 is 2.88 bits per heavy atom. The van der Waals surface area contributed by atoms with E-state index in [1.807, 2.05) is 17.0 Å². The molecule has 0 fully saturated rings. The number of nitrogens with zero attached hydrogens (tertiary/aromatic N) is 1. The van der Waals surface area contributed by atoms with Gasteiger partial charge in [0, 0.05) is 28.2 Å². The molecule has 0 unspecified atom stereocenters. The quantitative estimate of drug-likeness (QED) is 0.736. The minimum atomic E-state index is -0.0599. The van der Waals surface area contributed by atoms with E-state index in [4.69, 9.17) is 27.9 Å². The molecule has 1 N–H and O–H groups in total. The Kier molecular flexibility index (Phi) is 4.32. The van der Waals surface area contributed by atoms with Crippen LogP contribution >= 0.6 is 23.2 Å². The van der Waals surface area contributed by atoms with Gasteiger partial charge in [-0.05, 0) is 36.2 Å². The molecular formula is C19H16Cl2N2O2. The highest BCUT2D eigenvalue weighted by atomic mass is 35.5. The number of para-hydroxylation sites is 1. The molecule has 25 heavy (non-hydrogen) atoms. The zero-order chi connectivity index (χ0) is 17.4. The molecule has 2 aromatic carbocycles. The summed E-state index contributed by atoms with van der Waals surface area (Å²) in [6.45, 7) is 1.21. The number of carbonyl (C=O) groups is 1. The van der Waals surface area contributed by atoms with Gasteiger partial charge < -0.3 is 14.6 Å². The number of fused-ring (bicyclic) bond motifs is 3. The van der Waals surface area contributed by atoms with Crippen molar-refractivity contribution in [2.75, 3.05) is 13.2 Å². The van der Waals surface area contributed by atoms with Crippen LogP contribution in [0, 0.1) is 0 Å². The second-order valence-electron chi connectivity index (χ2n) is 6.06. The fraction of sp³-hybridized carbons (Fsp3) is 0.211. The number of hydrogen-bond donors (Lipinski definition) is 1. The molecule has 4 nitrogen and oxygen atoms in total. The van der Waals surface area contributed by atoms with Gasteiger partial charge in [0.1, 0.15) is 5.75 Å². The van der Waals surface area contributed by atoms with Crippen LogP contribution in [0.1, 0.15) is 11.3 Å². The second kappa shape index (κ2) is 6.62. The number of ether oxygens (including phenoxy) is 1. The molecule has 0 saturated heterocycles. The van der Waals surface area contributed by atoms with Crippen LogP contribution in [0.15, 0.2) is 42.5 Å². The van der Waals surface area contributed by atoms with E-state index in [0.717, 1.165) is 17.6 Å². The van der Waals surface area contributed by atoms with Crippen LogP contribution in [-0.4, -0.2) is 28.9 Å². The largest absolute Gasteiger partial charge is 0.482 e. The Hall–Kier alpha value is -2.17. The molecular weight excluding hydrogens is 359 g/mol. The number of aromatic amines is 1. The van der Waals surface area contributed by atoms with Crippen LogP contribution in [-0.2, 0) is 17.8 Å². The molecule has 0 atom stereocenters. The fourth-order valence-electron chi connectivity index (χ4n) is 3.23. The number of halogens is 2. The van der Waals surface area contributed by atoms with E-state index in [-0.39, 0.29) is 12.5 Å². The number of hydrogen-bond acceptors (Lipinski definition) is 2. The van der Waals surface area contributed by atoms with Gasteiger partial charge in [-0.1, -0.05) is 41.4 Å². The lowest BCUT2D eigenvalue weighted by Crippen LogP contribution is -2.38. The number of rotatable bonds is 3. The topological polar surface area (TPSA) is 45.3 Å². The van der Waals surface area contributed by atoms with Gasteiger partial charge in [0.05, 0.1) is 11.6 Å². The van der Waals surface area contributed by atoms with Crippen molar-refractivity contribution in [1.29, 1.82) is 0 Å². The average molecular weight is 375 g/mol. The van der Waals surface area contributed by atoms with Crippen molar-refractivity contribution in [3.8, 4) is 5.75 Å². The molecule has 3 aromatic rings. The SMILES string of the molecule is O=C(COc1ccc(Cl)cc1Cl)N1CCc2c([nH]c3ccccc23)C1. The number of nitrogens with one attached hydrogen (secondary N) is 1. The van der Waals surface area contributed by atoms with Gasteiger partial charge >= 0.3 is 0 Å². The van der Waals surface area contributed by atoms with E-state index in [2.05, 4.69) is 17.1 Å². The highest BCUT2D eigenvalue weighted by Gasteiger charge is 2.24. The first-order valence-electron chi connectivity index (χ1n) is 8.06. The molecule has 4 rings (SSSR count). The number of amides is 1. The Balaban J connectivity index is 1.45. The first-order valence-corrected chi connectivity index (χ1v) is 8.81. The predicted molar refractivity (Wildman–Crippen MR) is 99.4 cm³/mol. The van der Waals surface area contributed by atoms with Crippen molar-refractivity contribution < 1.29 is 9.53 Å². The van der Waals surface area contributed by atoms with E-state index < -0.39 is 0 Å². The van der Waals surface area contributed by atoms with Crippen LogP contribution in [0.3, 0.4) is 0 Å². The van der Waals surface area contributed by atoms with Crippen molar-refractivity contribution in [2.45, 2.75) is 13.0 Å². The zero-order valence-electron chi connectivity index (χ0n) is 13.4. The lowest BCUT2D eigenvalue weighted by molar-refractivity contribution is -0.134. The first-order chi connectivity index (χ1) is 12.1. The van der Waals surface area contributed by atoms with Crippen LogP contribution < -0.4 is 4.74 Å². The summed E-state index contributed by atoms with van der Waals surface area (Å²) in [5.74, 6) is 0.401. The molecule has 1 aliphatic rings. The van der Waals surface area contributed by atoms with Gasteiger partial charge in [-0.15, -0.1) is 0 Å². The average Bonchev–Trinajstić information content (AvgIpc) is 2.98. The summed E-state index contributed by atoms with van der Waals surface area (Å²) in [6.07, 6.45) is 0.840. The van der Waals surface area contributed by atoms with Gasteiger partial charge in [0.2, 0.25) is 0 Å². The molecule has 128 valence electrons. The van der Waals surface area contributed by atoms with Crippen LogP contribution in [0.5, 0.6) is 5.75 Å². The second-order valence-corrected chi connectivity index (χ2v) is 6.90. The molecule has 0 saturated carbocycles. The molecule has 0 radical (unpaired) electrons. The third-order valence-corrected chi connectivity index (χ3v) is 5.01. The van der Waals surface area contributed by atoms with Gasteiger partial charge in [-0.25, -0.2) is 0 Å². The number of carbonyl (C=O) groups excluding carboxylic acids is 1. The predicted octanol–water partition coefficient (Wildman–Crippen LogP) is 4.44. The van der Waals surface area contributed by atoms with Crippen molar-refractivity contribution >= 4 is 40.0 Å². The smallest absolute Gasteiger partial charge is 0.260 e. The highest BCUT2D eigenvalue weighted by Crippen LogP contribution is 2.29. The lowest BCUT2D eigenvalue weighted by Gasteiger charge is -2.27. The Morgan fingerprint density at radius 1 is 1.20 bits per heavy atom. The third kappa shape index (κ3) is 3.20. The monoisotopic (exact) mass is 374 g/mol. The first kappa shape index (κ1) is 16.3. The lowest BCUT2D eigenvalue weighted by atomic mass is 10.0. The summed E-state index contributed by atoms with van der Waals surface area (Å²) < 4.78 is 5.56. The molecule has 6 heteroatoms. The Labute approximate surface area is 155 Å². The molecule has 1 aliphatic heterocycles. The molecule has 0 bridgehead atoms. The van der Waals surface area contributed by atoms with Crippen LogP contribution in [0.2, 0.25) is 10.0 Å². The van der Waals surface area contributed by atoms with Crippen molar-refractivity contribution in [3.63, 3.8) is 0 Å². The molecule has 0 aliphatic carbocycles. The van der Waals surface area contributed by atoms with Crippen LogP contribution in [0.25, 0.3) is 10.9 Å². The summed E-state index contributed by atoms with van der Waals surface area (Å²) in [7, 11) is 0. The van der Waals surface area contributed by atoms with E-state index in [1.54, 1.807) is 18.2 Å². The van der Waals surface area contributed by atoms with Crippen molar-refractivity contribution in [2.24, 2.45) is 0 Å². The third-order valence-electron chi connectivity index (χ3n) is 4.48. The summed E-state index contributed by atoms with van der Waals surface area (Å²) in [5, 5.41) is 2.18. The number of H-pyrrole nitrogens is 1. The molecule has 0 spiro atoms. The normalized spacial score (nSPS) is 13.8. The van der Waals surface area contributed by atoms with Gasteiger partial charge in [-0.2, -0.15) is 0 Å². The Morgan fingerprint density at radius 2 is 2.04 bits per heavy atom. The highest BCUT2D eigenvalue weighted by molar-refractivity contribution is 6.35. The maximum atomic E-state index is 12.5. The van der Waals surface area contributed by atoms with Crippen LogP contribution in [0.4, 0.5) is 0 Å². The molecule has 2 heterocycles. The molecule has 1 aromatic heterocycles. The van der Waals surface area contributed by atoms with Gasteiger partial charge in [0.25, 0.3) is 5.91 Å². The van der Waals surface area contributed by atoms with E-state index >= 15 is 0 Å². The van der Waals surface area contributed by atoms with E-state index in [1.165, 1.54) is 10.9 Å². The summed E-state index contributed by atoms with van der Waals surface area (Å²) in [6, 6.07) is 13.2. The Bertz CT molecular complexity index is 952. The van der Waals surface area contributed by atoms with E-state index in [9.17, 15) is 4.79 Å². The standard InChI is InChI=1S/C19H16Cl2N2O2/c20-12-5-6-18(15(21)9-12)25-11-19(24)23-8-7-14-13-3-1-2-4-16(13)22-17(14)10-23/h1-6,9,22H,7-8,10-11H2. The zero-order valence-corrected chi connectivity index (χ0v) is 14.9. The fourth-order valence-corrected chi connectivity index (χ4v) is 3.69. The summed E-state index contributed by atoms with van der Waals surface area (Å²) in [5.41, 5.74) is 3.53. The van der Waals surface area contributed by atoms with Gasteiger partial charge in [0.15, 0.2) is 6.61 Å². The maximum Gasteiger partial charge on any atom is 0.260 e. The van der Waals surface area contributed by atoms with E-state index in [0.29, 0.717) is 28.9 Å². The summed E-state index contributed by atoms with van der Waals surface area (Å²) >= 11 is 11.9. The minimum absolute atomic E-state index is 0.0447. The summed E-state index contributed by atoms with van der Waals surface area (Å²) in [4.78, 5) is 17.7.